The lowest BCUT2D eigenvalue weighted by atomic mass is 9.81. The van der Waals surface area contributed by atoms with E-state index in [9.17, 15) is 20.0 Å². The largest absolute Gasteiger partial charge is 0.462 e. The SMILES string of the molecule is CC(=O)OCC=C1CC[C@@H](OC(C)=O)[C@](C)(CCCC(C)C(O)(C#N)CC=C(C)C)OC1. The van der Waals surface area contributed by atoms with Crippen LogP contribution in [-0.2, 0) is 23.8 Å². The van der Waals surface area contributed by atoms with Crippen molar-refractivity contribution in [3.63, 3.8) is 0 Å². The molecule has 0 aliphatic carbocycles. The van der Waals surface area contributed by atoms with Crippen molar-refractivity contribution in [1.82, 2.24) is 0 Å². The highest BCUT2D eigenvalue weighted by atomic mass is 16.6. The second-order valence-electron chi connectivity index (χ2n) is 9.22. The van der Waals surface area contributed by atoms with Gasteiger partial charge in [0.15, 0.2) is 5.60 Å². The molecule has 2 unspecified atom stereocenters. The molecular weight excluding hydrogens is 410 g/mol. The van der Waals surface area contributed by atoms with Gasteiger partial charge in [-0.15, -0.1) is 0 Å². The first-order chi connectivity index (χ1) is 14.9. The van der Waals surface area contributed by atoms with Gasteiger partial charge in [0.05, 0.1) is 12.7 Å². The van der Waals surface area contributed by atoms with E-state index in [0.717, 1.165) is 11.1 Å². The molecule has 0 aromatic heterocycles. The topological polar surface area (TPSA) is 106 Å². The molecule has 0 radical (unpaired) electrons. The van der Waals surface area contributed by atoms with Crippen LogP contribution in [0, 0.1) is 17.2 Å². The van der Waals surface area contributed by atoms with E-state index in [-0.39, 0.29) is 24.5 Å². The van der Waals surface area contributed by atoms with Gasteiger partial charge in [0.25, 0.3) is 0 Å². The van der Waals surface area contributed by atoms with Crippen LogP contribution in [0.15, 0.2) is 23.3 Å². The van der Waals surface area contributed by atoms with E-state index in [1.807, 2.05) is 39.8 Å². The molecule has 1 fully saturated rings. The number of carbonyl (C=O) groups is 2. The molecular formula is C25H39NO6. The van der Waals surface area contributed by atoms with Gasteiger partial charge in [-0.3, -0.25) is 9.59 Å². The van der Waals surface area contributed by atoms with Crippen LogP contribution in [0.4, 0.5) is 0 Å². The minimum Gasteiger partial charge on any atom is -0.462 e. The van der Waals surface area contributed by atoms with Gasteiger partial charge in [-0.1, -0.05) is 25.0 Å². The van der Waals surface area contributed by atoms with Gasteiger partial charge >= 0.3 is 11.9 Å². The quantitative estimate of drug-likeness (QED) is 0.299. The Kier molecular flexibility index (Phi) is 11.1. The van der Waals surface area contributed by atoms with Crippen LogP contribution in [0.2, 0.25) is 0 Å². The maximum atomic E-state index is 11.7. The first kappa shape index (κ1) is 27.9. The van der Waals surface area contributed by atoms with Crippen molar-refractivity contribution in [2.24, 2.45) is 5.92 Å². The number of hydrogen-bond donors (Lipinski definition) is 1. The second kappa shape index (κ2) is 12.8. The molecule has 0 amide bonds. The maximum absolute atomic E-state index is 11.7. The monoisotopic (exact) mass is 449 g/mol. The molecule has 7 nitrogen and oxygen atoms in total. The van der Waals surface area contributed by atoms with E-state index in [4.69, 9.17) is 14.2 Å². The van der Waals surface area contributed by atoms with Crippen LogP contribution in [0.3, 0.4) is 0 Å². The van der Waals surface area contributed by atoms with Gasteiger partial charge in [-0.25, -0.2) is 0 Å². The Morgan fingerprint density at radius 3 is 2.59 bits per heavy atom. The molecule has 32 heavy (non-hydrogen) atoms. The summed E-state index contributed by atoms with van der Waals surface area (Å²) in [5, 5.41) is 20.3. The van der Waals surface area contributed by atoms with Gasteiger partial charge in [-0.05, 0) is 64.0 Å². The van der Waals surface area contributed by atoms with Crippen molar-refractivity contribution in [2.45, 2.75) is 97.4 Å². The predicted molar refractivity (Wildman–Crippen MR) is 121 cm³/mol. The summed E-state index contributed by atoms with van der Waals surface area (Å²) < 4.78 is 16.8. The predicted octanol–water partition coefficient (Wildman–Crippen LogP) is 4.39. The zero-order valence-corrected chi connectivity index (χ0v) is 20.4. The Balaban J connectivity index is 2.82. The molecule has 0 aromatic rings. The average Bonchev–Trinajstić information content (AvgIpc) is 2.85. The number of nitrogens with zero attached hydrogens (tertiary/aromatic N) is 1. The van der Waals surface area contributed by atoms with Crippen molar-refractivity contribution in [2.75, 3.05) is 13.2 Å². The minimum atomic E-state index is -1.41. The smallest absolute Gasteiger partial charge is 0.303 e. The van der Waals surface area contributed by atoms with Crippen molar-refractivity contribution < 1.29 is 28.9 Å². The van der Waals surface area contributed by atoms with Gasteiger partial charge in [0.2, 0.25) is 0 Å². The molecule has 0 saturated carbocycles. The lowest BCUT2D eigenvalue weighted by Crippen LogP contribution is -2.44. The first-order valence-corrected chi connectivity index (χ1v) is 11.3. The maximum Gasteiger partial charge on any atom is 0.303 e. The molecule has 1 heterocycles. The van der Waals surface area contributed by atoms with Crippen LogP contribution < -0.4 is 0 Å². The number of ether oxygens (including phenoxy) is 3. The Labute approximate surface area is 192 Å². The zero-order chi connectivity index (χ0) is 24.4. The summed E-state index contributed by atoms with van der Waals surface area (Å²) in [7, 11) is 0. The van der Waals surface area contributed by atoms with E-state index < -0.39 is 17.3 Å². The summed E-state index contributed by atoms with van der Waals surface area (Å²) in [6, 6.07) is 2.08. The Morgan fingerprint density at radius 2 is 2.03 bits per heavy atom. The standard InChI is InChI=1S/C25H39NO6/c1-18(2)11-14-25(29,17-26)19(3)8-7-13-24(6)23(32-21(5)28)10-9-22(16-31-24)12-15-30-20(4)27/h11-12,19,23,29H,7-10,13-16H2,1-6H3/t19?,23-,24+,25?/m1/s1. The Morgan fingerprint density at radius 1 is 1.34 bits per heavy atom. The number of esters is 2. The van der Waals surface area contributed by atoms with Crippen LogP contribution in [-0.4, -0.2) is 47.6 Å². The number of allylic oxidation sites excluding steroid dienone is 1. The highest BCUT2D eigenvalue weighted by Crippen LogP contribution is 2.35. The molecule has 1 saturated heterocycles. The van der Waals surface area contributed by atoms with Gasteiger partial charge in [0.1, 0.15) is 18.3 Å². The van der Waals surface area contributed by atoms with Crippen molar-refractivity contribution >= 4 is 11.9 Å². The third-order valence-corrected chi connectivity index (χ3v) is 6.10. The van der Waals surface area contributed by atoms with Crippen LogP contribution in [0.25, 0.3) is 0 Å². The normalized spacial score (nSPS) is 25.1. The molecule has 0 bridgehead atoms. The third kappa shape index (κ3) is 9.13. The molecule has 1 N–H and O–H groups in total. The molecule has 0 aromatic carbocycles. The molecule has 1 aliphatic heterocycles. The van der Waals surface area contributed by atoms with E-state index in [1.165, 1.54) is 13.8 Å². The van der Waals surface area contributed by atoms with Crippen molar-refractivity contribution in [3.8, 4) is 6.07 Å². The fourth-order valence-electron chi connectivity index (χ4n) is 3.81. The zero-order valence-electron chi connectivity index (χ0n) is 20.4. The summed E-state index contributed by atoms with van der Waals surface area (Å²) in [6.45, 7) is 11.0. The summed E-state index contributed by atoms with van der Waals surface area (Å²) >= 11 is 0. The van der Waals surface area contributed by atoms with E-state index >= 15 is 0 Å². The number of nitriles is 1. The number of rotatable bonds is 10. The molecule has 7 heteroatoms. The van der Waals surface area contributed by atoms with Crippen molar-refractivity contribution in [3.05, 3.63) is 23.3 Å². The van der Waals surface area contributed by atoms with Crippen LogP contribution in [0.1, 0.15) is 80.1 Å². The van der Waals surface area contributed by atoms with Gasteiger partial charge in [0, 0.05) is 20.3 Å². The summed E-state index contributed by atoms with van der Waals surface area (Å²) in [5.74, 6) is -0.912. The van der Waals surface area contributed by atoms with Crippen molar-refractivity contribution in [1.29, 1.82) is 5.26 Å². The molecule has 1 rings (SSSR count). The van der Waals surface area contributed by atoms with E-state index in [1.54, 1.807) is 0 Å². The lowest BCUT2D eigenvalue weighted by molar-refractivity contribution is -0.168. The van der Waals surface area contributed by atoms with Crippen LogP contribution in [0.5, 0.6) is 0 Å². The summed E-state index contributed by atoms with van der Waals surface area (Å²) in [5.41, 5.74) is -0.0367. The fourth-order valence-corrected chi connectivity index (χ4v) is 3.81. The van der Waals surface area contributed by atoms with Crippen LogP contribution >= 0.6 is 0 Å². The van der Waals surface area contributed by atoms with E-state index in [0.29, 0.717) is 45.1 Å². The molecule has 1 aliphatic rings. The average molecular weight is 450 g/mol. The fraction of sp³-hybridized carbons (Fsp3) is 0.720. The van der Waals surface area contributed by atoms with E-state index in [2.05, 4.69) is 6.07 Å². The Bertz CT molecular complexity index is 748. The highest BCUT2D eigenvalue weighted by molar-refractivity contribution is 5.66. The Hall–Kier alpha value is -2.17. The highest BCUT2D eigenvalue weighted by Gasteiger charge is 2.40. The second-order valence-corrected chi connectivity index (χ2v) is 9.22. The molecule has 4 atom stereocenters. The molecule has 180 valence electrons. The lowest BCUT2D eigenvalue weighted by Gasteiger charge is -2.36. The van der Waals surface area contributed by atoms with Gasteiger partial charge < -0.3 is 19.3 Å². The van der Waals surface area contributed by atoms with Gasteiger partial charge in [-0.2, -0.15) is 5.26 Å². The summed E-state index contributed by atoms with van der Waals surface area (Å²) in [6.07, 6.45) is 6.89. The first-order valence-electron chi connectivity index (χ1n) is 11.3. The number of hydrogen-bond acceptors (Lipinski definition) is 7. The number of aliphatic hydroxyl groups is 1. The summed E-state index contributed by atoms with van der Waals surface area (Å²) in [4.78, 5) is 22.7. The third-order valence-electron chi connectivity index (χ3n) is 6.10. The molecule has 0 spiro atoms. The number of carbonyl (C=O) groups excluding carboxylic acids is 2. The minimum absolute atomic E-state index is 0.193.